The SMILES string of the molecule is Cc1cc(F)cc(C(=O)c2sc(C)cc2Br)c1. The summed E-state index contributed by atoms with van der Waals surface area (Å²) in [5.74, 6) is -0.518. The largest absolute Gasteiger partial charge is 0.288 e. The Balaban J connectivity index is 2.47. The molecule has 17 heavy (non-hydrogen) atoms. The normalized spacial score (nSPS) is 10.6. The Bertz CT molecular complexity index is 569. The van der Waals surface area contributed by atoms with Gasteiger partial charge in [-0.05, 0) is 59.6 Å². The van der Waals surface area contributed by atoms with Crippen molar-refractivity contribution in [3.05, 3.63) is 55.4 Å². The number of hydrogen-bond acceptors (Lipinski definition) is 2. The Morgan fingerprint density at radius 1 is 1.24 bits per heavy atom. The van der Waals surface area contributed by atoms with Crippen molar-refractivity contribution in [1.82, 2.24) is 0 Å². The highest BCUT2D eigenvalue weighted by molar-refractivity contribution is 9.10. The molecule has 1 aromatic heterocycles. The van der Waals surface area contributed by atoms with Crippen LogP contribution in [0.1, 0.15) is 25.7 Å². The van der Waals surface area contributed by atoms with Gasteiger partial charge < -0.3 is 0 Å². The summed E-state index contributed by atoms with van der Waals surface area (Å²) in [7, 11) is 0. The second kappa shape index (κ2) is 4.70. The lowest BCUT2D eigenvalue weighted by Crippen LogP contribution is -2.00. The van der Waals surface area contributed by atoms with E-state index in [2.05, 4.69) is 15.9 Å². The Labute approximate surface area is 111 Å². The van der Waals surface area contributed by atoms with Gasteiger partial charge in [0.2, 0.25) is 5.78 Å². The molecule has 0 aliphatic rings. The molecule has 0 saturated carbocycles. The van der Waals surface area contributed by atoms with Crippen LogP contribution in [-0.4, -0.2) is 5.78 Å². The van der Waals surface area contributed by atoms with E-state index >= 15 is 0 Å². The summed E-state index contributed by atoms with van der Waals surface area (Å²) in [4.78, 5) is 13.9. The lowest BCUT2D eigenvalue weighted by Gasteiger charge is -2.01. The van der Waals surface area contributed by atoms with Crippen LogP contribution in [-0.2, 0) is 0 Å². The highest BCUT2D eigenvalue weighted by Crippen LogP contribution is 2.29. The molecule has 0 aliphatic heterocycles. The molecule has 0 aliphatic carbocycles. The van der Waals surface area contributed by atoms with Crippen LogP contribution in [0, 0.1) is 19.7 Å². The molecule has 1 heterocycles. The molecule has 0 unspecified atom stereocenters. The number of halogens is 2. The molecule has 0 bridgehead atoms. The molecule has 0 atom stereocenters. The maximum absolute atomic E-state index is 13.2. The number of thiophene rings is 1. The number of ketones is 1. The minimum absolute atomic E-state index is 0.141. The number of aryl methyl sites for hydroxylation is 2. The Morgan fingerprint density at radius 2 is 1.94 bits per heavy atom. The molecule has 1 nitrogen and oxygen atoms in total. The first kappa shape index (κ1) is 12.5. The van der Waals surface area contributed by atoms with Crippen molar-refractivity contribution < 1.29 is 9.18 Å². The second-order valence-electron chi connectivity index (χ2n) is 3.88. The molecule has 0 fully saturated rings. The van der Waals surface area contributed by atoms with Gasteiger partial charge in [-0.2, -0.15) is 0 Å². The predicted octanol–water partition coefficient (Wildman–Crippen LogP) is 4.50. The van der Waals surface area contributed by atoms with E-state index < -0.39 is 0 Å². The Morgan fingerprint density at radius 3 is 2.47 bits per heavy atom. The van der Waals surface area contributed by atoms with E-state index in [-0.39, 0.29) is 11.6 Å². The van der Waals surface area contributed by atoms with Crippen molar-refractivity contribution >= 4 is 33.0 Å². The van der Waals surface area contributed by atoms with Gasteiger partial charge in [0.05, 0.1) is 4.88 Å². The molecule has 0 radical (unpaired) electrons. The van der Waals surface area contributed by atoms with E-state index in [0.29, 0.717) is 10.4 Å². The minimum Gasteiger partial charge on any atom is -0.288 e. The molecule has 2 aromatic rings. The zero-order chi connectivity index (χ0) is 12.6. The van der Waals surface area contributed by atoms with E-state index in [1.165, 1.54) is 23.5 Å². The van der Waals surface area contributed by atoms with Gasteiger partial charge in [0.1, 0.15) is 5.82 Å². The Kier molecular flexibility index (Phi) is 3.45. The number of carbonyl (C=O) groups excluding carboxylic acids is 1. The summed E-state index contributed by atoms with van der Waals surface area (Å²) in [5.41, 5.74) is 1.14. The zero-order valence-electron chi connectivity index (χ0n) is 9.38. The van der Waals surface area contributed by atoms with Crippen LogP contribution in [0.15, 0.2) is 28.7 Å². The molecule has 88 valence electrons. The smallest absolute Gasteiger partial charge is 0.204 e. The lowest BCUT2D eigenvalue weighted by molar-refractivity contribution is 0.104. The quantitative estimate of drug-likeness (QED) is 0.746. The van der Waals surface area contributed by atoms with E-state index in [0.717, 1.165) is 14.9 Å². The van der Waals surface area contributed by atoms with Gasteiger partial charge in [-0.1, -0.05) is 0 Å². The molecule has 2 rings (SSSR count). The molecular formula is C13H10BrFOS. The summed E-state index contributed by atoms with van der Waals surface area (Å²) in [5, 5.41) is 0. The van der Waals surface area contributed by atoms with E-state index in [4.69, 9.17) is 0 Å². The van der Waals surface area contributed by atoms with Crippen LogP contribution < -0.4 is 0 Å². The maximum atomic E-state index is 13.2. The zero-order valence-corrected chi connectivity index (χ0v) is 11.8. The highest BCUT2D eigenvalue weighted by atomic mass is 79.9. The van der Waals surface area contributed by atoms with E-state index in [1.54, 1.807) is 13.0 Å². The average molecular weight is 313 g/mol. The monoisotopic (exact) mass is 312 g/mol. The number of rotatable bonds is 2. The van der Waals surface area contributed by atoms with Gasteiger partial charge in [0.15, 0.2) is 0 Å². The molecule has 0 amide bonds. The molecule has 0 N–H and O–H groups in total. The fraction of sp³-hybridized carbons (Fsp3) is 0.154. The minimum atomic E-state index is -0.377. The first-order valence-electron chi connectivity index (χ1n) is 5.05. The van der Waals surface area contributed by atoms with Crippen molar-refractivity contribution in [2.45, 2.75) is 13.8 Å². The third-order valence-electron chi connectivity index (χ3n) is 2.32. The topological polar surface area (TPSA) is 17.1 Å². The van der Waals surface area contributed by atoms with Gasteiger partial charge in [-0.15, -0.1) is 11.3 Å². The van der Waals surface area contributed by atoms with E-state index in [9.17, 15) is 9.18 Å². The van der Waals surface area contributed by atoms with Crippen LogP contribution in [0.2, 0.25) is 0 Å². The van der Waals surface area contributed by atoms with Gasteiger partial charge >= 0.3 is 0 Å². The third-order valence-corrected chi connectivity index (χ3v) is 4.26. The molecule has 0 saturated heterocycles. The fourth-order valence-corrected chi connectivity index (χ4v) is 3.42. The first-order valence-corrected chi connectivity index (χ1v) is 6.66. The van der Waals surface area contributed by atoms with Crippen LogP contribution >= 0.6 is 27.3 Å². The number of benzene rings is 1. The van der Waals surface area contributed by atoms with Gasteiger partial charge in [-0.25, -0.2) is 4.39 Å². The third kappa shape index (κ3) is 2.64. The van der Waals surface area contributed by atoms with Crippen molar-refractivity contribution in [2.75, 3.05) is 0 Å². The van der Waals surface area contributed by atoms with Crippen LogP contribution in [0.3, 0.4) is 0 Å². The molecule has 4 heteroatoms. The molecular weight excluding hydrogens is 303 g/mol. The summed E-state index contributed by atoms with van der Waals surface area (Å²) in [6.45, 7) is 3.71. The molecule has 1 aromatic carbocycles. The van der Waals surface area contributed by atoms with Crippen molar-refractivity contribution in [3.8, 4) is 0 Å². The summed E-state index contributed by atoms with van der Waals surface area (Å²) >= 11 is 4.76. The fourth-order valence-electron chi connectivity index (χ4n) is 1.64. The first-order chi connectivity index (χ1) is 7.97. The second-order valence-corrected chi connectivity index (χ2v) is 5.99. The van der Waals surface area contributed by atoms with Gasteiger partial charge in [0.25, 0.3) is 0 Å². The highest BCUT2D eigenvalue weighted by Gasteiger charge is 2.16. The molecule has 0 spiro atoms. The van der Waals surface area contributed by atoms with Gasteiger partial charge in [-0.3, -0.25) is 4.79 Å². The predicted molar refractivity (Wildman–Crippen MR) is 71.3 cm³/mol. The summed E-state index contributed by atoms with van der Waals surface area (Å²) < 4.78 is 14.0. The Hall–Kier alpha value is -1.00. The number of hydrogen-bond donors (Lipinski definition) is 0. The van der Waals surface area contributed by atoms with Crippen molar-refractivity contribution in [3.63, 3.8) is 0 Å². The van der Waals surface area contributed by atoms with Gasteiger partial charge in [0, 0.05) is 14.9 Å². The lowest BCUT2D eigenvalue weighted by atomic mass is 10.1. The summed E-state index contributed by atoms with van der Waals surface area (Å²) in [6, 6.07) is 6.28. The van der Waals surface area contributed by atoms with Crippen LogP contribution in [0.4, 0.5) is 4.39 Å². The van der Waals surface area contributed by atoms with Crippen LogP contribution in [0.5, 0.6) is 0 Å². The number of carbonyl (C=O) groups is 1. The van der Waals surface area contributed by atoms with Crippen molar-refractivity contribution in [2.24, 2.45) is 0 Å². The van der Waals surface area contributed by atoms with Crippen LogP contribution in [0.25, 0.3) is 0 Å². The maximum Gasteiger partial charge on any atom is 0.204 e. The van der Waals surface area contributed by atoms with Crippen molar-refractivity contribution in [1.29, 1.82) is 0 Å². The average Bonchev–Trinajstić information content (AvgIpc) is 2.55. The standard InChI is InChI=1S/C13H10BrFOS/c1-7-3-9(6-10(15)4-7)12(16)13-11(14)5-8(2)17-13/h3-6H,1-2H3. The van der Waals surface area contributed by atoms with E-state index in [1.807, 2.05) is 13.0 Å². The summed E-state index contributed by atoms with van der Waals surface area (Å²) in [6.07, 6.45) is 0.